The van der Waals surface area contributed by atoms with Crippen molar-refractivity contribution in [2.45, 2.75) is 31.5 Å². The highest BCUT2D eigenvalue weighted by Gasteiger charge is 2.44. The Morgan fingerprint density at radius 3 is 2.55 bits per heavy atom. The highest BCUT2D eigenvalue weighted by molar-refractivity contribution is 9.10. The fourth-order valence-electron chi connectivity index (χ4n) is 3.88. The summed E-state index contributed by atoms with van der Waals surface area (Å²) in [5.41, 5.74) is 1.25. The Labute approximate surface area is 188 Å². The summed E-state index contributed by atoms with van der Waals surface area (Å²) in [6, 6.07) is 13.6. The Morgan fingerprint density at radius 2 is 1.84 bits per heavy atom. The smallest absolute Gasteiger partial charge is 0.410 e. The molecular weight excluding hydrogens is 466 g/mol. The number of cyclic esters (lactones) is 1. The summed E-state index contributed by atoms with van der Waals surface area (Å²) in [6.45, 7) is 1.05. The Kier molecular flexibility index (Phi) is 6.50. The number of nitrogens with zero attached hydrogens (tertiary/aromatic N) is 3. The third-order valence-corrected chi connectivity index (χ3v) is 5.93. The molecule has 0 aliphatic carbocycles. The molecule has 1 aromatic heterocycles. The van der Waals surface area contributed by atoms with Crippen LogP contribution in [0.2, 0.25) is 0 Å². The standard InChI is InChI=1S/C22H22BrN3O5/c23-19-8-4-7-17(24-19)20(27)25-11-9-16(10-12-25)26-18(14-31-22(26)29)21(28)30-13-15-5-2-1-3-6-15/h1-8,16,18H,9-14H2/t18-/m0/s1. The van der Waals surface area contributed by atoms with Crippen LogP contribution in [0.5, 0.6) is 0 Å². The van der Waals surface area contributed by atoms with Gasteiger partial charge in [0.1, 0.15) is 23.5 Å². The zero-order chi connectivity index (χ0) is 21.8. The molecule has 1 aromatic carbocycles. The first kappa shape index (κ1) is 21.3. The highest BCUT2D eigenvalue weighted by Crippen LogP contribution is 2.25. The van der Waals surface area contributed by atoms with Crippen molar-refractivity contribution in [3.63, 3.8) is 0 Å². The van der Waals surface area contributed by atoms with Crippen LogP contribution in [0.25, 0.3) is 0 Å². The minimum absolute atomic E-state index is 0.0203. The van der Waals surface area contributed by atoms with Gasteiger partial charge in [0.05, 0.1) is 0 Å². The number of carbonyl (C=O) groups is 3. The van der Waals surface area contributed by atoms with Gasteiger partial charge in [0.2, 0.25) is 0 Å². The molecule has 0 N–H and O–H groups in total. The molecule has 4 rings (SSSR count). The van der Waals surface area contributed by atoms with Crippen LogP contribution in [0.3, 0.4) is 0 Å². The molecule has 2 saturated heterocycles. The van der Waals surface area contributed by atoms with Crippen molar-refractivity contribution < 1.29 is 23.9 Å². The minimum Gasteiger partial charge on any atom is -0.459 e. The van der Waals surface area contributed by atoms with Crippen LogP contribution >= 0.6 is 15.9 Å². The van der Waals surface area contributed by atoms with Crippen LogP contribution in [0, 0.1) is 0 Å². The quantitative estimate of drug-likeness (QED) is 0.475. The fraction of sp³-hybridized carbons (Fsp3) is 0.364. The number of carbonyl (C=O) groups excluding carboxylic acids is 3. The number of pyridine rings is 1. The van der Waals surface area contributed by atoms with Crippen molar-refractivity contribution >= 4 is 33.9 Å². The number of rotatable bonds is 5. The van der Waals surface area contributed by atoms with E-state index >= 15 is 0 Å². The maximum Gasteiger partial charge on any atom is 0.410 e. The molecule has 2 fully saturated rings. The lowest BCUT2D eigenvalue weighted by atomic mass is 10.0. The topological polar surface area (TPSA) is 89.0 Å². The van der Waals surface area contributed by atoms with Crippen molar-refractivity contribution in [2.75, 3.05) is 19.7 Å². The van der Waals surface area contributed by atoms with Gasteiger partial charge in [-0.05, 0) is 46.5 Å². The molecule has 0 unspecified atom stereocenters. The lowest BCUT2D eigenvalue weighted by Gasteiger charge is -2.37. The predicted molar refractivity (Wildman–Crippen MR) is 114 cm³/mol. The number of esters is 1. The Bertz CT molecular complexity index is 963. The number of likely N-dealkylation sites (tertiary alicyclic amines) is 1. The maximum absolute atomic E-state index is 12.7. The molecule has 0 saturated carbocycles. The first-order chi connectivity index (χ1) is 15.0. The summed E-state index contributed by atoms with van der Waals surface area (Å²) in [4.78, 5) is 45.1. The monoisotopic (exact) mass is 487 g/mol. The zero-order valence-corrected chi connectivity index (χ0v) is 18.4. The van der Waals surface area contributed by atoms with E-state index in [1.807, 2.05) is 30.3 Å². The molecule has 0 bridgehead atoms. The third-order valence-electron chi connectivity index (χ3n) is 5.49. The van der Waals surface area contributed by atoms with Crippen LogP contribution in [0.1, 0.15) is 28.9 Å². The lowest BCUT2D eigenvalue weighted by Crippen LogP contribution is -2.52. The van der Waals surface area contributed by atoms with Crippen molar-refractivity contribution in [3.05, 3.63) is 64.4 Å². The molecule has 1 atom stereocenters. The number of hydrogen-bond donors (Lipinski definition) is 0. The van der Waals surface area contributed by atoms with Crippen molar-refractivity contribution in [1.82, 2.24) is 14.8 Å². The van der Waals surface area contributed by atoms with Crippen LogP contribution in [-0.4, -0.2) is 64.5 Å². The third kappa shape index (κ3) is 4.87. The van der Waals surface area contributed by atoms with Crippen LogP contribution in [0.4, 0.5) is 4.79 Å². The summed E-state index contributed by atoms with van der Waals surface area (Å²) in [5.74, 6) is -0.630. The average Bonchev–Trinajstić information content (AvgIpc) is 3.19. The first-order valence-corrected chi connectivity index (χ1v) is 10.9. The van der Waals surface area contributed by atoms with Gasteiger partial charge < -0.3 is 14.4 Å². The molecule has 2 amide bonds. The van der Waals surface area contributed by atoms with Crippen LogP contribution < -0.4 is 0 Å². The van der Waals surface area contributed by atoms with Crippen LogP contribution in [-0.2, 0) is 20.9 Å². The van der Waals surface area contributed by atoms with Gasteiger partial charge in [-0.15, -0.1) is 0 Å². The van der Waals surface area contributed by atoms with E-state index in [1.54, 1.807) is 23.1 Å². The first-order valence-electron chi connectivity index (χ1n) is 10.1. The molecule has 162 valence electrons. The van der Waals surface area contributed by atoms with Gasteiger partial charge in [0.25, 0.3) is 5.91 Å². The zero-order valence-electron chi connectivity index (χ0n) is 16.8. The number of piperidine rings is 1. The second kappa shape index (κ2) is 9.47. The summed E-state index contributed by atoms with van der Waals surface area (Å²) >= 11 is 3.28. The Morgan fingerprint density at radius 1 is 1.10 bits per heavy atom. The molecule has 8 nitrogen and oxygen atoms in total. The number of ether oxygens (including phenoxy) is 2. The number of hydrogen-bond acceptors (Lipinski definition) is 6. The van der Waals surface area contributed by atoms with Gasteiger partial charge in [-0.2, -0.15) is 0 Å². The van der Waals surface area contributed by atoms with E-state index in [9.17, 15) is 14.4 Å². The van der Waals surface area contributed by atoms with E-state index in [1.165, 1.54) is 4.90 Å². The predicted octanol–water partition coefficient (Wildman–Crippen LogP) is 3.01. The van der Waals surface area contributed by atoms with Gasteiger partial charge in [-0.1, -0.05) is 36.4 Å². The number of aromatic nitrogens is 1. The van der Waals surface area contributed by atoms with E-state index < -0.39 is 18.1 Å². The van der Waals surface area contributed by atoms with Gasteiger partial charge in [0, 0.05) is 19.1 Å². The maximum atomic E-state index is 12.7. The molecule has 0 radical (unpaired) electrons. The second-order valence-electron chi connectivity index (χ2n) is 7.46. The Hall–Kier alpha value is -2.94. The van der Waals surface area contributed by atoms with Crippen molar-refractivity contribution in [2.24, 2.45) is 0 Å². The van der Waals surface area contributed by atoms with E-state index in [-0.39, 0.29) is 25.2 Å². The summed E-state index contributed by atoms with van der Waals surface area (Å²) < 4.78 is 11.2. The molecule has 9 heteroatoms. The van der Waals surface area contributed by atoms with E-state index in [2.05, 4.69) is 20.9 Å². The molecule has 2 aromatic rings. The number of halogens is 1. The average molecular weight is 488 g/mol. The summed E-state index contributed by atoms with van der Waals surface area (Å²) in [6.07, 6.45) is 0.592. The van der Waals surface area contributed by atoms with E-state index in [0.717, 1.165) is 5.56 Å². The molecule has 3 heterocycles. The highest BCUT2D eigenvalue weighted by atomic mass is 79.9. The molecule has 31 heavy (non-hydrogen) atoms. The van der Waals surface area contributed by atoms with Crippen molar-refractivity contribution in [3.8, 4) is 0 Å². The molecule has 2 aliphatic rings. The molecular formula is C22H22BrN3O5. The minimum atomic E-state index is -0.768. The second-order valence-corrected chi connectivity index (χ2v) is 8.27. The van der Waals surface area contributed by atoms with Crippen LogP contribution in [0.15, 0.2) is 53.1 Å². The number of amides is 2. The fourth-order valence-corrected chi connectivity index (χ4v) is 4.22. The lowest BCUT2D eigenvalue weighted by molar-refractivity contribution is -0.150. The van der Waals surface area contributed by atoms with E-state index in [4.69, 9.17) is 9.47 Å². The van der Waals surface area contributed by atoms with E-state index in [0.29, 0.717) is 36.2 Å². The molecule has 2 aliphatic heterocycles. The number of benzene rings is 1. The van der Waals surface area contributed by atoms with Gasteiger partial charge in [-0.25, -0.2) is 14.6 Å². The van der Waals surface area contributed by atoms with Gasteiger partial charge in [0.15, 0.2) is 6.04 Å². The SMILES string of the molecule is O=C(OCc1ccccc1)[C@@H]1COC(=O)N1C1CCN(C(=O)c2cccc(Br)n2)CC1. The Balaban J connectivity index is 1.35. The van der Waals surface area contributed by atoms with Crippen molar-refractivity contribution in [1.29, 1.82) is 0 Å². The largest absolute Gasteiger partial charge is 0.459 e. The normalized spacial score (nSPS) is 19.3. The summed E-state index contributed by atoms with van der Waals surface area (Å²) in [7, 11) is 0. The molecule has 0 spiro atoms. The van der Waals surface area contributed by atoms with Gasteiger partial charge >= 0.3 is 12.1 Å². The summed E-state index contributed by atoms with van der Waals surface area (Å²) in [5, 5.41) is 0. The van der Waals surface area contributed by atoms with Gasteiger partial charge in [-0.3, -0.25) is 9.69 Å².